The fourth-order valence-corrected chi connectivity index (χ4v) is 2.92. The maximum Gasteiger partial charge on any atom is 0.336 e. The highest BCUT2D eigenvalue weighted by molar-refractivity contribution is 6.06. The largest absolute Gasteiger partial charge is 0.478 e. The third kappa shape index (κ3) is 3.24. The third-order valence-electron chi connectivity index (χ3n) is 4.23. The zero-order valence-electron chi connectivity index (χ0n) is 12.8. The second-order valence-corrected chi connectivity index (χ2v) is 5.74. The number of hydrogen-bond donors (Lipinski definition) is 2. The molecular weight excluding hydrogens is 268 g/mol. The Morgan fingerprint density at radius 3 is 2.43 bits per heavy atom. The quantitative estimate of drug-likeness (QED) is 0.887. The van der Waals surface area contributed by atoms with Gasteiger partial charge in [0.05, 0.1) is 11.1 Å². The second-order valence-electron chi connectivity index (χ2n) is 5.74. The molecule has 2 rings (SSSR count). The number of carbonyl (C=O) groups is 2. The minimum absolute atomic E-state index is 0.104. The van der Waals surface area contributed by atoms with Gasteiger partial charge in [0.25, 0.3) is 5.91 Å². The van der Waals surface area contributed by atoms with Crippen LogP contribution in [0, 0.1) is 13.8 Å². The van der Waals surface area contributed by atoms with Crippen LogP contribution in [0.15, 0.2) is 12.1 Å². The van der Waals surface area contributed by atoms with Crippen LogP contribution in [0.1, 0.15) is 44.7 Å². The van der Waals surface area contributed by atoms with Gasteiger partial charge in [0.15, 0.2) is 0 Å². The summed E-state index contributed by atoms with van der Waals surface area (Å²) in [6.45, 7) is 5.08. The summed E-state index contributed by atoms with van der Waals surface area (Å²) in [5, 5.41) is 12.2. The van der Waals surface area contributed by atoms with Gasteiger partial charge in [-0.1, -0.05) is 12.1 Å². The molecule has 1 heterocycles. The van der Waals surface area contributed by atoms with Crippen LogP contribution >= 0.6 is 0 Å². The molecule has 0 aromatic heterocycles. The van der Waals surface area contributed by atoms with E-state index in [1.807, 2.05) is 7.05 Å². The van der Waals surface area contributed by atoms with E-state index in [-0.39, 0.29) is 17.0 Å². The van der Waals surface area contributed by atoms with Crippen LogP contribution in [0.5, 0.6) is 0 Å². The molecule has 1 unspecified atom stereocenters. The average molecular weight is 290 g/mol. The number of carbonyl (C=O) groups excluding carboxylic acids is 1. The van der Waals surface area contributed by atoms with Crippen molar-refractivity contribution in [1.82, 2.24) is 10.2 Å². The third-order valence-corrected chi connectivity index (χ3v) is 4.23. The number of carboxylic acid groups (broad SMARTS) is 1. The van der Waals surface area contributed by atoms with Crippen LogP contribution in [0.4, 0.5) is 0 Å². The first-order chi connectivity index (χ1) is 9.91. The molecule has 5 heteroatoms. The Hall–Kier alpha value is -1.88. The van der Waals surface area contributed by atoms with Crippen molar-refractivity contribution in [2.24, 2.45) is 0 Å². The van der Waals surface area contributed by atoms with Crippen molar-refractivity contribution in [1.29, 1.82) is 0 Å². The number of nitrogens with one attached hydrogen (secondary N) is 1. The number of likely N-dealkylation sites (N-methyl/N-ethyl adjacent to an activating group) is 1. The lowest BCUT2D eigenvalue weighted by molar-refractivity contribution is 0.0689. The summed E-state index contributed by atoms with van der Waals surface area (Å²) in [5.41, 5.74) is 1.68. The normalized spacial score (nSPS) is 18.7. The molecule has 1 saturated heterocycles. The predicted octanol–water partition coefficient (Wildman–Crippen LogP) is 1.83. The van der Waals surface area contributed by atoms with Crippen molar-refractivity contribution < 1.29 is 14.7 Å². The summed E-state index contributed by atoms with van der Waals surface area (Å²) < 4.78 is 0. The van der Waals surface area contributed by atoms with E-state index >= 15 is 0 Å². The first-order valence-corrected chi connectivity index (χ1v) is 7.23. The van der Waals surface area contributed by atoms with Crippen molar-refractivity contribution in [3.05, 3.63) is 34.4 Å². The lowest BCUT2D eigenvalue weighted by atomic mass is 9.96. The Morgan fingerprint density at radius 1 is 1.29 bits per heavy atom. The number of amides is 1. The van der Waals surface area contributed by atoms with Gasteiger partial charge in [0.1, 0.15) is 0 Å². The number of rotatable bonds is 4. The van der Waals surface area contributed by atoms with Crippen LogP contribution < -0.4 is 5.32 Å². The van der Waals surface area contributed by atoms with Crippen LogP contribution in [-0.2, 0) is 0 Å². The average Bonchev–Trinajstić information content (AvgIpc) is 2.83. The molecule has 5 nitrogen and oxygen atoms in total. The first kappa shape index (κ1) is 15.5. The molecule has 1 amide bonds. The number of carboxylic acids is 1. The fraction of sp³-hybridized carbons (Fsp3) is 0.500. The van der Waals surface area contributed by atoms with Gasteiger partial charge in [-0.25, -0.2) is 4.79 Å². The number of aryl methyl sites for hydroxylation is 2. The van der Waals surface area contributed by atoms with Crippen molar-refractivity contribution in [3.63, 3.8) is 0 Å². The van der Waals surface area contributed by atoms with E-state index in [1.165, 1.54) is 0 Å². The highest BCUT2D eigenvalue weighted by Gasteiger charge is 2.24. The van der Waals surface area contributed by atoms with Gasteiger partial charge >= 0.3 is 5.97 Å². The van der Waals surface area contributed by atoms with Gasteiger partial charge in [-0.2, -0.15) is 0 Å². The lowest BCUT2D eigenvalue weighted by Gasteiger charge is -2.20. The number of nitrogens with zero attached hydrogens (tertiary/aromatic N) is 1. The van der Waals surface area contributed by atoms with Gasteiger partial charge in [-0.15, -0.1) is 0 Å². The number of benzene rings is 1. The van der Waals surface area contributed by atoms with E-state index in [9.17, 15) is 14.7 Å². The Balaban J connectivity index is 2.19. The van der Waals surface area contributed by atoms with E-state index < -0.39 is 5.97 Å². The molecule has 1 atom stereocenters. The number of aromatic carboxylic acids is 1. The van der Waals surface area contributed by atoms with Crippen molar-refractivity contribution >= 4 is 11.9 Å². The molecular formula is C16H22N2O3. The van der Waals surface area contributed by atoms with Crippen molar-refractivity contribution in [2.75, 3.05) is 20.1 Å². The topological polar surface area (TPSA) is 69.6 Å². The molecule has 0 saturated carbocycles. The molecule has 1 fully saturated rings. The van der Waals surface area contributed by atoms with E-state index in [4.69, 9.17) is 0 Å². The van der Waals surface area contributed by atoms with Crippen molar-refractivity contribution in [2.45, 2.75) is 32.7 Å². The molecule has 0 radical (unpaired) electrons. The van der Waals surface area contributed by atoms with E-state index in [1.54, 1.807) is 26.0 Å². The highest BCUT2D eigenvalue weighted by Crippen LogP contribution is 2.19. The monoisotopic (exact) mass is 290 g/mol. The van der Waals surface area contributed by atoms with Gasteiger partial charge < -0.3 is 15.3 Å². The summed E-state index contributed by atoms with van der Waals surface area (Å²) in [4.78, 5) is 26.1. The number of likely N-dealkylation sites (tertiary alicyclic amines) is 1. The molecule has 1 aromatic rings. The highest BCUT2D eigenvalue weighted by atomic mass is 16.4. The van der Waals surface area contributed by atoms with Crippen LogP contribution in [0.25, 0.3) is 0 Å². The lowest BCUT2D eigenvalue weighted by Crippen LogP contribution is -2.39. The molecule has 114 valence electrons. The molecule has 0 aliphatic carbocycles. The van der Waals surface area contributed by atoms with Crippen LogP contribution in [0.3, 0.4) is 0 Å². The molecule has 21 heavy (non-hydrogen) atoms. The summed E-state index contributed by atoms with van der Waals surface area (Å²) in [6.07, 6.45) is 2.20. The van der Waals surface area contributed by atoms with E-state index in [2.05, 4.69) is 10.2 Å². The molecule has 1 aliphatic rings. The maximum atomic E-state index is 12.4. The molecule has 0 spiro atoms. The Morgan fingerprint density at radius 2 is 1.90 bits per heavy atom. The predicted molar refractivity (Wildman–Crippen MR) is 80.9 cm³/mol. The smallest absolute Gasteiger partial charge is 0.336 e. The molecule has 1 aromatic carbocycles. The summed E-state index contributed by atoms with van der Waals surface area (Å²) in [7, 11) is 2.05. The minimum Gasteiger partial charge on any atom is -0.478 e. The summed E-state index contributed by atoms with van der Waals surface area (Å²) in [6, 6.07) is 3.87. The van der Waals surface area contributed by atoms with E-state index in [0.29, 0.717) is 23.7 Å². The van der Waals surface area contributed by atoms with Crippen molar-refractivity contribution in [3.8, 4) is 0 Å². The maximum absolute atomic E-state index is 12.4. The van der Waals surface area contributed by atoms with Gasteiger partial charge in [0, 0.05) is 12.6 Å². The molecule has 1 aliphatic heterocycles. The van der Waals surface area contributed by atoms with E-state index in [0.717, 1.165) is 19.4 Å². The Labute approximate surface area is 125 Å². The Kier molecular flexibility index (Phi) is 4.63. The molecule has 2 N–H and O–H groups in total. The fourth-order valence-electron chi connectivity index (χ4n) is 2.92. The van der Waals surface area contributed by atoms with Gasteiger partial charge in [0.2, 0.25) is 0 Å². The summed E-state index contributed by atoms with van der Waals surface area (Å²) >= 11 is 0. The second kappa shape index (κ2) is 6.26. The number of hydrogen-bond acceptors (Lipinski definition) is 3. The zero-order valence-corrected chi connectivity index (χ0v) is 12.8. The van der Waals surface area contributed by atoms with Crippen LogP contribution in [0.2, 0.25) is 0 Å². The SMILES string of the molecule is Cc1ccc(C)c(C(=O)NCC2CCCN2C)c1C(=O)O. The first-order valence-electron chi connectivity index (χ1n) is 7.23. The minimum atomic E-state index is -1.06. The Bertz CT molecular complexity index is 569. The zero-order chi connectivity index (χ0) is 15.6. The van der Waals surface area contributed by atoms with Gasteiger partial charge in [-0.05, 0) is 51.4 Å². The molecule has 0 bridgehead atoms. The van der Waals surface area contributed by atoms with Gasteiger partial charge in [-0.3, -0.25) is 4.79 Å². The summed E-state index contributed by atoms with van der Waals surface area (Å²) in [5.74, 6) is -1.35. The standard InChI is InChI=1S/C16H22N2O3/c1-10-6-7-11(2)14(16(20)21)13(10)15(19)17-9-12-5-4-8-18(12)3/h6-7,12H,4-5,8-9H2,1-3H3,(H,17,19)(H,20,21). The van der Waals surface area contributed by atoms with Crippen LogP contribution in [-0.4, -0.2) is 48.1 Å².